The monoisotopic (exact) mass is 316 g/mol. The molecule has 1 heterocycles. The van der Waals surface area contributed by atoms with Gasteiger partial charge in [0.2, 0.25) is 5.91 Å². The molecule has 6 heteroatoms. The Bertz CT molecular complexity index is 494. The first-order valence-electron chi connectivity index (χ1n) is 6.69. The van der Waals surface area contributed by atoms with E-state index < -0.39 is 0 Å². The summed E-state index contributed by atoms with van der Waals surface area (Å²) < 4.78 is 0.751. The molecule has 1 amide bonds. The molecular weight excluding hydrogens is 296 g/mol. The van der Waals surface area contributed by atoms with Crippen LogP contribution in [0.4, 0.5) is 0 Å². The first kappa shape index (κ1) is 15.1. The highest BCUT2D eigenvalue weighted by Gasteiger charge is 2.28. The molecule has 0 bridgehead atoms. The summed E-state index contributed by atoms with van der Waals surface area (Å²) in [5.41, 5.74) is 1.02. The standard InChI is InChI=1S/C13H20N2OS3/c1-3-18-10-6-4-5-9(10)15-12(16)7-11-8(2)14-13(17)19-11/h9-10H,3-7H2,1-2H3,(H,14,17)(H,15,16). The van der Waals surface area contributed by atoms with Crippen LogP contribution in [0.2, 0.25) is 0 Å². The number of thioether (sulfide) groups is 1. The third-order valence-electron chi connectivity index (χ3n) is 3.42. The lowest BCUT2D eigenvalue weighted by molar-refractivity contribution is -0.121. The van der Waals surface area contributed by atoms with Gasteiger partial charge in [0.05, 0.1) is 6.42 Å². The first-order chi connectivity index (χ1) is 9.10. The number of carbonyl (C=O) groups excluding carboxylic acids is 1. The van der Waals surface area contributed by atoms with Gasteiger partial charge in [0.15, 0.2) is 3.95 Å². The third kappa shape index (κ3) is 4.07. The Labute approximate surface area is 127 Å². The average Bonchev–Trinajstić information content (AvgIpc) is 2.88. The van der Waals surface area contributed by atoms with Crippen molar-refractivity contribution in [1.29, 1.82) is 0 Å². The molecule has 1 aliphatic rings. The number of amides is 1. The number of aromatic nitrogens is 1. The molecule has 0 aromatic carbocycles. The van der Waals surface area contributed by atoms with Gasteiger partial charge in [-0.1, -0.05) is 13.3 Å². The molecule has 2 atom stereocenters. The van der Waals surface area contributed by atoms with Gasteiger partial charge in [-0.2, -0.15) is 11.8 Å². The highest BCUT2D eigenvalue weighted by atomic mass is 32.2. The molecule has 2 rings (SSSR count). The molecule has 0 spiro atoms. The number of aryl methyl sites for hydroxylation is 1. The molecule has 1 aliphatic carbocycles. The summed E-state index contributed by atoms with van der Waals surface area (Å²) >= 11 is 8.57. The number of nitrogens with one attached hydrogen (secondary N) is 2. The van der Waals surface area contributed by atoms with Gasteiger partial charge in [-0.3, -0.25) is 4.79 Å². The second-order valence-corrected chi connectivity index (χ2v) is 8.13. The van der Waals surface area contributed by atoms with Crippen molar-refractivity contribution in [2.75, 3.05) is 5.75 Å². The lowest BCUT2D eigenvalue weighted by Crippen LogP contribution is -2.39. The molecular formula is C13H20N2OS3. The van der Waals surface area contributed by atoms with Crippen molar-refractivity contribution in [3.8, 4) is 0 Å². The molecule has 0 aliphatic heterocycles. The van der Waals surface area contributed by atoms with Gasteiger partial charge in [0.1, 0.15) is 0 Å². The zero-order valence-electron chi connectivity index (χ0n) is 11.3. The fourth-order valence-electron chi connectivity index (χ4n) is 2.51. The minimum absolute atomic E-state index is 0.127. The highest BCUT2D eigenvalue weighted by molar-refractivity contribution is 7.99. The quantitative estimate of drug-likeness (QED) is 0.818. The molecule has 1 saturated carbocycles. The smallest absolute Gasteiger partial charge is 0.225 e. The molecule has 1 aromatic rings. The first-order valence-corrected chi connectivity index (χ1v) is 8.97. The molecule has 106 valence electrons. The summed E-state index contributed by atoms with van der Waals surface area (Å²) in [4.78, 5) is 16.3. The molecule has 2 unspecified atom stereocenters. The van der Waals surface area contributed by atoms with E-state index in [-0.39, 0.29) is 5.91 Å². The number of H-pyrrole nitrogens is 1. The Kier molecular flexibility index (Phi) is 5.47. The molecule has 2 N–H and O–H groups in total. The van der Waals surface area contributed by atoms with E-state index >= 15 is 0 Å². The lowest BCUT2D eigenvalue weighted by atomic mass is 10.2. The van der Waals surface area contributed by atoms with E-state index in [1.807, 2.05) is 18.7 Å². The average molecular weight is 317 g/mol. The van der Waals surface area contributed by atoms with Gasteiger partial charge in [-0.15, -0.1) is 11.3 Å². The zero-order valence-corrected chi connectivity index (χ0v) is 13.8. The van der Waals surface area contributed by atoms with Crippen LogP contribution in [0.1, 0.15) is 36.8 Å². The predicted molar refractivity (Wildman–Crippen MR) is 85.6 cm³/mol. The maximum absolute atomic E-state index is 12.1. The van der Waals surface area contributed by atoms with Crippen molar-refractivity contribution < 1.29 is 4.79 Å². The lowest BCUT2D eigenvalue weighted by Gasteiger charge is -2.20. The summed E-state index contributed by atoms with van der Waals surface area (Å²) in [5.74, 6) is 1.25. The van der Waals surface area contributed by atoms with Crippen LogP contribution in [-0.4, -0.2) is 27.9 Å². The number of aromatic amines is 1. The summed E-state index contributed by atoms with van der Waals surface area (Å²) in [5, 5.41) is 3.79. The number of hydrogen-bond donors (Lipinski definition) is 2. The topological polar surface area (TPSA) is 44.9 Å². The van der Waals surface area contributed by atoms with Crippen LogP contribution in [0.5, 0.6) is 0 Å². The highest BCUT2D eigenvalue weighted by Crippen LogP contribution is 2.30. The van der Waals surface area contributed by atoms with Crippen LogP contribution in [0.3, 0.4) is 0 Å². The fourth-order valence-corrected chi connectivity index (χ4v) is 5.00. The Morgan fingerprint density at radius 2 is 2.37 bits per heavy atom. The molecule has 19 heavy (non-hydrogen) atoms. The van der Waals surface area contributed by atoms with E-state index in [2.05, 4.69) is 17.2 Å². The van der Waals surface area contributed by atoms with E-state index in [0.717, 1.165) is 26.7 Å². The minimum Gasteiger partial charge on any atom is -0.352 e. The van der Waals surface area contributed by atoms with Crippen LogP contribution in [0.25, 0.3) is 0 Å². The number of hydrogen-bond acceptors (Lipinski definition) is 4. The minimum atomic E-state index is 0.127. The summed E-state index contributed by atoms with van der Waals surface area (Å²) in [6, 6.07) is 0.352. The Morgan fingerprint density at radius 1 is 1.58 bits per heavy atom. The van der Waals surface area contributed by atoms with Crippen LogP contribution in [0, 0.1) is 10.9 Å². The van der Waals surface area contributed by atoms with Gasteiger partial charge in [0, 0.05) is 21.9 Å². The third-order valence-corrected chi connectivity index (χ3v) is 6.09. The number of rotatable bonds is 5. The molecule has 0 saturated heterocycles. The van der Waals surface area contributed by atoms with Crippen molar-refractivity contribution in [3.05, 3.63) is 14.5 Å². The fraction of sp³-hybridized carbons (Fsp3) is 0.692. The molecule has 1 fully saturated rings. The van der Waals surface area contributed by atoms with Gasteiger partial charge in [-0.25, -0.2) is 0 Å². The van der Waals surface area contributed by atoms with Gasteiger partial charge >= 0.3 is 0 Å². The van der Waals surface area contributed by atoms with E-state index in [0.29, 0.717) is 17.7 Å². The molecule has 0 radical (unpaired) electrons. The number of carbonyl (C=O) groups is 1. The second-order valence-electron chi connectivity index (χ2n) is 4.84. The normalized spacial score (nSPS) is 22.6. The van der Waals surface area contributed by atoms with E-state index in [1.54, 1.807) is 0 Å². The zero-order chi connectivity index (χ0) is 13.8. The Balaban J connectivity index is 1.90. The predicted octanol–water partition coefficient (Wildman–Crippen LogP) is 3.45. The Hall–Kier alpha value is -0.330. The summed E-state index contributed by atoms with van der Waals surface area (Å²) in [7, 11) is 0. The maximum Gasteiger partial charge on any atom is 0.225 e. The SMILES string of the molecule is CCSC1CCCC1NC(=O)Cc1sc(=S)[nH]c1C. The van der Waals surface area contributed by atoms with Gasteiger partial charge in [-0.05, 0) is 37.7 Å². The number of thiazole rings is 1. The van der Waals surface area contributed by atoms with E-state index in [1.165, 1.54) is 24.2 Å². The van der Waals surface area contributed by atoms with Crippen molar-refractivity contribution in [2.45, 2.75) is 50.8 Å². The largest absolute Gasteiger partial charge is 0.352 e. The summed E-state index contributed by atoms with van der Waals surface area (Å²) in [6.45, 7) is 4.15. The van der Waals surface area contributed by atoms with Gasteiger partial charge < -0.3 is 10.3 Å². The maximum atomic E-state index is 12.1. The van der Waals surface area contributed by atoms with E-state index in [9.17, 15) is 4.79 Å². The van der Waals surface area contributed by atoms with Crippen LogP contribution in [-0.2, 0) is 11.2 Å². The van der Waals surface area contributed by atoms with E-state index in [4.69, 9.17) is 12.2 Å². The Morgan fingerprint density at radius 3 is 3.00 bits per heavy atom. The van der Waals surface area contributed by atoms with Crippen LogP contribution in [0.15, 0.2) is 0 Å². The van der Waals surface area contributed by atoms with Crippen LogP contribution < -0.4 is 5.32 Å². The van der Waals surface area contributed by atoms with Gasteiger partial charge in [0.25, 0.3) is 0 Å². The molecule has 3 nitrogen and oxygen atoms in total. The van der Waals surface area contributed by atoms with Crippen molar-refractivity contribution in [3.63, 3.8) is 0 Å². The van der Waals surface area contributed by atoms with Crippen LogP contribution >= 0.6 is 35.3 Å². The van der Waals surface area contributed by atoms with Crippen molar-refractivity contribution >= 4 is 41.2 Å². The second kappa shape index (κ2) is 6.90. The van der Waals surface area contributed by atoms with Crippen molar-refractivity contribution in [2.24, 2.45) is 0 Å². The molecule has 1 aromatic heterocycles. The summed E-state index contributed by atoms with van der Waals surface area (Å²) in [6.07, 6.45) is 4.02. The van der Waals surface area contributed by atoms with Crippen molar-refractivity contribution in [1.82, 2.24) is 10.3 Å².